The fourth-order valence-electron chi connectivity index (χ4n) is 2.02. The molecule has 1 heterocycles. The van der Waals surface area contributed by atoms with Gasteiger partial charge in [0.2, 0.25) is 0 Å². The van der Waals surface area contributed by atoms with E-state index in [-0.39, 0.29) is 10.7 Å². The molecule has 0 N–H and O–H groups in total. The van der Waals surface area contributed by atoms with Crippen LogP contribution in [0.25, 0.3) is 17.1 Å². The van der Waals surface area contributed by atoms with Gasteiger partial charge >= 0.3 is 0 Å². The Hall–Kier alpha value is -2.25. The minimum Gasteiger partial charge on any atom is -0.258 e. The Labute approximate surface area is 138 Å². The zero-order valence-corrected chi connectivity index (χ0v) is 13.3. The molecule has 3 rings (SSSR count). The second-order valence-corrected chi connectivity index (χ2v) is 5.72. The molecule has 1 aromatic heterocycles. The van der Waals surface area contributed by atoms with E-state index < -0.39 is 4.92 Å². The Morgan fingerprint density at radius 2 is 2.05 bits per heavy atom. The first kappa shape index (κ1) is 14.7. The molecule has 3 aromatic rings. The lowest BCUT2D eigenvalue weighted by Crippen LogP contribution is -2.01. The second-order valence-electron chi connectivity index (χ2n) is 4.40. The predicted molar refractivity (Wildman–Crippen MR) is 86.2 cm³/mol. The highest BCUT2D eigenvalue weighted by atomic mass is 79.9. The van der Waals surface area contributed by atoms with Crippen molar-refractivity contribution in [1.82, 2.24) is 14.8 Å². The third-order valence-corrected chi connectivity index (χ3v) is 3.80. The van der Waals surface area contributed by atoms with Gasteiger partial charge < -0.3 is 0 Å². The molecule has 0 aliphatic heterocycles. The largest absolute Gasteiger partial charge is 0.271 e. The van der Waals surface area contributed by atoms with Gasteiger partial charge in [0, 0.05) is 22.2 Å². The van der Waals surface area contributed by atoms with Gasteiger partial charge in [-0.3, -0.25) is 10.1 Å². The summed E-state index contributed by atoms with van der Waals surface area (Å²) >= 11 is 9.56. The van der Waals surface area contributed by atoms with Gasteiger partial charge in [0.15, 0.2) is 5.82 Å². The summed E-state index contributed by atoms with van der Waals surface area (Å²) in [6, 6.07) is 11.8. The lowest BCUT2D eigenvalue weighted by molar-refractivity contribution is -0.384. The molecule has 6 nitrogen and oxygen atoms in total. The highest BCUT2D eigenvalue weighted by molar-refractivity contribution is 9.10. The Bertz CT molecular complexity index is 866. The summed E-state index contributed by atoms with van der Waals surface area (Å²) in [5.74, 6) is 0.594. The number of benzene rings is 2. The molecule has 8 heteroatoms. The molecule has 110 valence electrons. The van der Waals surface area contributed by atoms with E-state index in [4.69, 9.17) is 11.6 Å². The predicted octanol–water partition coefficient (Wildman–Crippen LogP) is 4.26. The van der Waals surface area contributed by atoms with Crippen molar-refractivity contribution in [2.45, 2.75) is 0 Å². The summed E-state index contributed by atoms with van der Waals surface area (Å²) in [5, 5.41) is 15.2. The van der Waals surface area contributed by atoms with Crippen molar-refractivity contribution in [1.29, 1.82) is 0 Å². The molecule has 0 bridgehead atoms. The van der Waals surface area contributed by atoms with Crippen LogP contribution >= 0.6 is 27.5 Å². The van der Waals surface area contributed by atoms with E-state index in [2.05, 4.69) is 26.0 Å². The zero-order chi connectivity index (χ0) is 15.7. The lowest BCUT2D eigenvalue weighted by atomic mass is 10.2. The van der Waals surface area contributed by atoms with E-state index in [1.54, 1.807) is 10.7 Å². The SMILES string of the molecule is O=[N+]([O-])c1ccc(-n2ncnc2-c2cccc(Br)c2)c(Cl)c1. The maximum atomic E-state index is 10.8. The summed E-state index contributed by atoms with van der Waals surface area (Å²) in [5.41, 5.74) is 1.30. The molecule has 22 heavy (non-hydrogen) atoms. The topological polar surface area (TPSA) is 73.8 Å². The Kier molecular flexibility index (Phi) is 3.91. The smallest absolute Gasteiger partial charge is 0.258 e. The number of aromatic nitrogens is 3. The first-order valence-corrected chi connectivity index (χ1v) is 7.33. The third kappa shape index (κ3) is 2.72. The first-order chi connectivity index (χ1) is 10.6. The van der Waals surface area contributed by atoms with E-state index in [1.165, 1.54) is 18.5 Å². The second kappa shape index (κ2) is 5.86. The number of halogens is 2. The van der Waals surface area contributed by atoms with Crippen molar-refractivity contribution in [3.8, 4) is 17.1 Å². The van der Waals surface area contributed by atoms with Gasteiger partial charge in [-0.15, -0.1) is 0 Å². The quantitative estimate of drug-likeness (QED) is 0.503. The molecule has 0 amide bonds. The van der Waals surface area contributed by atoms with Gasteiger partial charge in [-0.05, 0) is 18.2 Å². The molecule has 0 aliphatic carbocycles. The fraction of sp³-hybridized carbons (Fsp3) is 0. The zero-order valence-electron chi connectivity index (χ0n) is 11.0. The summed E-state index contributed by atoms with van der Waals surface area (Å²) in [4.78, 5) is 14.5. The van der Waals surface area contributed by atoms with Crippen LogP contribution in [0.5, 0.6) is 0 Å². The highest BCUT2D eigenvalue weighted by Gasteiger charge is 2.15. The maximum Gasteiger partial charge on any atom is 0.271 e. The van der Waals surface area contributed by atoms with Crippen LogP contribution in [0, 0.1) is 10.1 Å². The van der Waals surface area contributed by atoms with E-state index in [0.29, 0.717) is 11.5 Å². The van der Waals surface area contributed by atoms with Crippen LogP contribution in [-0.4, -0.2) is 19.7 Å². The standard InChI is InChI=1S/C14H8BrClN4O2/c15-10-3-1-2-9(6-10)14-17-8-18-19(14)13-5-4-11(20(21)22)7-12(13)16/h1-8H. The van der Waals surface area contributed by atoms with E-state index in [1.807, 2.05) is 24.3 Å². The van der Waals surface area contributed by atoms with Gasteiger partial charge in [-0.2, -0.15) is 5.10 Å². The summed E-state index contributed by atoms with van der Waals surface area (Å²) < 4.78 is 2.46. The molecule has 0 fully saturated rings. The molecule has 0 saturated carbocycles. The highest BCUT2D eigenvalue weighted by Crippen LogP contribution is 2.29. The van der Waals surface area contributed by atoms with Crippen molar-refractivity contribution >= 4 is 33.2 Å². The Balaban J connectivity index is 2.11. The Morgan fingerprint density at radius 1 is 1.23 bits per heavy atom. The van der Waals surface area contributed by atoms with Gasteiger partial charge in [-0.1, -0.05) is 39.7 Å². The molecule has 0 aliphatic rings. The van der Waals surface area contributed by atoms with Gasteiger partial charge in [0.05, 0.1) is 15.6 Å². The van der Waals surface area contributed by atoms with Gasteiger partial charge in [0.1, 0.15) is 6.33 Å². The van der Waals surface area contributed by atoms with Crippen LogP contribution in [-0.2, 0) is 0 Å². The summed E-state index contributed by atoms with van der Waals surface area (Å²) in [7, 11) is 0. The minimum absolute atomic E-state index is 0.0714. The van der Waals surface area contributed by atoms with Crippen molar-refractivity contribution in [2.24, 2.45) is 0 Å². The monoisotopic (exact) mass is 378 g/mol. The molecular formula is C14H8BrClN4O2. The third-order valence-electron chi connectivity index (χ3n) is 3.00. The maximum absolute atomic E-state index is 10.8. The number of hydrogen-bond acceptors (Lipinski definition) is 4. The van der Waals surface area contributed by atoms with E-state index in [0.717, 1.165) is 10.0 Å². The number of nitro groups is 1. The van der Waals surface area contributed by atoms with E-state index in [9.17, 15) is 10.1 Å². The normalized spacial score (nSPS) is 10.6. The molecule has 2 aromatic carbocycles. The number of hydrogen-bond donors (Lipinski definition) is 0. The molecule has 0 radical (unpaired) electrons. The van der Waals surface area contributed by atoms with Crippen LogP contribution in [0.15, 0.2) is 53.3 Å². The van der Waals surface area contributed by atoms with Crippen molar-refractivity contribution < 1.29 is 4.92 Å². The average Bonchev–Trinajstić information content (AvgIpc) is 2.96. The number of nitrogens with zero attached hydrogens (tertiary/aromatic N) is 4. The first-order valence-electron chi connectivity index (χ1n) is 6.16. The number of non-ortho nitro benzene ring substituents is 1. The average molecular weight is 380 g/mol. The molecule has 0 atom stereocenters. The van der Waals surface area contributed by atoms with Crippen LogP contribution < -0.4 is 0 Å². The Morgan fingerprint density at radius 3 is 2.73 bits per heavy atom. The van der Waals surface area contributed by atoms with E-state index >= 15 is 0 Å². The summed E-state index contributed by atoms with van der Waals surface area (Å²) in [6.07, 6.45) is 1.41. The fourth-order valence-corrected chi connectivity index (χ4v) is 2.68. The van der Waals surface area contributed by atoms with Gasteiger partial charge in [0.25, 0.3) is 5.69 Å². The van der Waals surface area contributed by atoms with Crippen LogP contribution in [0.3, 0.4) is 0 Å². The van der Waals surface area contributed by atoms with Crippen LogP contribution in [0.4, 0.5) is 5.69 Å². The molecule has 0 unspecified atom stereocenters. The number of nitro benzene ring substituents is 1. The number of rotatable bonds is 3. The summed E-state index contributed by atoms with van der Waals surface area (Å²) in [6.45, 7) is 0. The molecular weight excluding hydrogens is 372 g/mol. The van der Waals surface area contributed by atoms with Crippen LogP contribution in [0.1, 0.15) is 0 Å². The van der Waals surface area contributed by atoms with Gasteiger partial charge in [-0.25, -0.2) is 9.67 Å². The van der Waals surface area contributed by atoms with Crippen molar-refractivity contribution in [3.63, 3.8) is 0 Å². The molecule has 0 saturated heterocycles. The van der Waals surface area contributed by atoms with Crippen molar-refractivity contribution in [3.05, 3.63) is 68.4 Å². The minimum atomic E-state index is -0.494. The van der Waals surface area contributed by atoms with Crippen LogP contribution in [0.2, 0.25) is 5.02 Å². The lowest BCUT2D eigenvalue weighted by Gasteiger charge is -2.08. The molecule has 0 spiro atoms. The van der Waals surface area contributed by atoms with Crippen molar-refractivity contribution in [2.75, 3.05) is 0 Å².